The van der Waals surface area contributed by atoms with Gasteiger partial charge in [-0.15, -0.1) is 0 Å². The first kappa shape index (κ1) is 10.9. The van der Waals surface area contributed by atoms with Gasteiger partial charge < -0.3 is 5.73 Å². The van der Waals surface area contributed by atoms with Crippen LogP contribution in [0.15, 0.2) is 36.4 Å². The maximum absolute atomic E-state index is 4.85. The van der Waals surface area contributed by atoms with Crippen LogP contribution in [0, 0.1) is 0 Å². The van der Waals surface area contributed by atoms with Crippen LogP contribution in [-0.4, -0.2) is 6.54 Å². The van der Waals surface area contributed by atoms with E-state index in [1.807, 2.05) is 38.1 Å². The Labute approximate surface area is 74.9 Å². The second-order valence-electron chi connectivity index (χ2n) is 2.32. The molecule has 0 atom stereocenters. The summed E-state index contributed by atoms with van der Waals surface area (Å²) in [5.74, 6) is 0. The van der Waals surface area contributed by atoms with Gasteiger partial charge in [0.1, 0.15) is 0 Å². The van der Waals surface area contributed by atoms with Gasteiger partial charge in [0.25, 0.3) is 0 Å². The minimum absolute atomic E-state index is 0.750. The fourth-order valence-corrected chi connectivity index (χ4v) is 0.757. The van der Waals surface area contributed by atoms with E-state index in [2.05, 4.69) is 18.2 Å². The fourth-order valence-electron chi connectivity index (χ4n) is 0.757. The first-order valence-corrected chi connectivity index (χ1v) is 4.23. The molecule has 2 N–H and O–H groups in total. The second-order valence-corrected chi connectivity index (χ2v) is 2.32. The number of benzene rings is 1. The van der Waals surface area contributed by atoms with Crippen LogP contribution in [0.1, 0.15) is 19.4 Å². The van der Waals surface area contributed by atoms with Crippen LogP contribution in [0.5, 0.6) is 0 Å². The molecule has 0 bridgehead atoms. The molecule has 0 saturated heterocycles. The number of nitrogens with two attached hydrogens (primary N) is 1. The Morgan fingerprint density at radius 1 is 1.25 bits per heavy atom. The second kappa shape index (κ2) is 8.02. The minimum Gasteiger partial charge on any atom is -0.331 e. The number of hydrogen-bond donors (Lipinski definition) is 1. The van der Waals surface area contributed by atoms with Crippen LogP contribution in [0.2, 0.25) is 0 Å². The van der Waals surface area contributed by atoms with E-state index in [0.717, 1.165) is 6.54 Å². The van der Waals surface area contributed by atoms with Gasteiger partial charge in [0.2, 0.25) is 0 Å². The van der Waals surface area contributed by atoms with Crippen molar-refractivity contribution in [1.29, 1.82) is 0 Å². The van der Waals surface area contributed by atoms with Crippen LogP contribution < -0.4 is 5.73 Å². The first-order chi connectivity index (χ1) is 5.85. The smallest absolute Gasteiger partial charge is 0.0106 e. The maximum Gasteiger partial charge on any atom is -0.0106 e. The molecule has 0 spiro atoms. The van der Waals surface area contributed by atoms with Gasteiger partial charge in [-0.1, -0.05) is 49.4 Å². The molecular weight excluding hydrogens is 146 g/mol. The zero-order chi connectivity index (χ0) is 9.23. The monoisotopic (exact) mass is 163 g/mol. The molecule has 1 aromatic carbocycles. The summed E-state index contributed by atoms with van der Waals surface area (Å²) in [5, 5.41) is 0. The van der Waals surface area contributed by atoms with Crippen molar-refractivity contribution < 1.29 is 0 Å². The summed E-state index contributed by atoms with van der Waals surface area (Å²) in [7, 11) is 0. The number of rotatable bonds is 1. The lowest BCUT2D eigenvalue weighted by Gasteiger charge is -1.86. The van der Waals surface area contributed by atoms with Gasteiger partial charge in [-0.25, -0.2) is 0 Å². The molecular formula is C11H17N. The van der Waals surface area contributed by atoms with Crippen LogP contribution in [0.4, 0.5) is 0 Å². The van der Waals surface area contributed by atoms with E-state index in [0.29, 0.717) is 0 Å². The van der Waals surface area contributed by atoms with Gasteiger partial charge in [0, 0.05) is 0 Å². The highest BCUT2D eigenvalue weighted by atomic mass is 14.5. The van der Waals surface area contributed by atoms with E-state index < -0.39 is 0 Å². The van der Waals surface area contributed by atoms with E-state index in [4.69, 9.17) is 5.73 Å². The Balaban J connectivity index is 0.000000354. The lowest BCUT2D eigenvalue weighted by Crippen LogP contribution is -1.87. The quantitative estimate of drug-likeness (QED) is 0.676. The number of allylic oxidation sites excluding steroid dienone is 1. The van der Waals surface area contributed by atoms with E-state index >= 15 is 0 Å². The van der Waals surface area contributed by atoms with Crippen molar-refractivity contribution in [2.24, 2.45) is 5.73 Å². The minimum atomic E-state index is 0.750. The van der Waals surface area contributed by atoms with Crippen molar-refractivity contribution in [3.63, 3.8) is 0 Å². The SMILES string of the molecule is C/C=C/c1ccccc1.CCN. The molecule has 66 valence electrons. The third-order valence-electron chi connectivity index (χ3n) is 1.16. The average Bonchev–Trinajstić information content (AvgIpc) is 2.08. The third kappa shape index (κ3) is 5.69. The van der Waals surface area contributed by atoms with Crippen molar-refractivity contribution in [2.45, 2.75) is 13.8 Å². The zero-order valence-electron chi connectivity index (χ0n) is 7.83. The average molecular weight is 163 g/mol. The lowest BCUT2D eigenvalue weighted by atomic mass is 10.2. The van der Waals surface area contributed by atoms with Crippen molar-refractivity contribution in [2.75, 3.05) is 6.54 Å². The van der Waals surface area contributed by atoms with Crippen molar-refractivity contribution in [1.82, 2.24) is 0 Å². The highest BCUT2D eigenvalue weighted by Gasteiger charge is 1.77. The summed E-state index contributed by atoms with van der Waals surface area (Å²) in [4.78, 5) is 0. The molecule has 0 unspecified atom stereocenters. The summed E-state index contributed by atoms with van der Waals surface area (Å²) >= 11 is 0. The molecule has 0 amide bonds. The summed E-state index contributed by atoms with van der Waals surface area (Å²) in [5.41, 5.74) is 6.11. The van der Waals surface area contributed by atoms with Crippen LogP contribution in [0.25, 0.3) is 6.08 Å². The van der Waals surface area contributed by atoms with Gasteiger partial charge in [0.15, 0.2) is 0 Å². The molecule has 12 heavy (non-hydrogen) atoms. The Morgan fingerprint density at radius 3 is 2.17 bits per heavy atom. The fraction of sp³-hybridized carbons (Fsp3) is 0.273. The lowest BCUT2D eigenvalue weighted by molar-refractivity contribution is 1.14. The molecule has 0 aliphatic carbocycles. The molecule has 0 fully saturated rings. The van der Waals surface area contributed by atoms with Crippen LogP contribution in [-0.2, 0) is 0 Å². The van der Waals surface area contributed by atoms with E-state index in [1.54, 1.807) is 0 Å². The molecule has 0 saturated carbocycles. The molecule has 1 rings (SSSR count). The Hall–Kier alpha value is -1.08. The van der Waals surface area contributed by atoms with Crippen molar-refractivity contribution in [3.05, 3.63) is 42.0 Å². The van der Waals surface area contributed by atoms with Gasteiger partial charge >= 0.3 is 0 Å². The molecule has 0 aliphatic rings. The van der Waals surface area contributed by atoms with Gasteiger partial charge in [0.05, 0.1) is 0 Å². The summed E-state index contributed by atoms with van der Waals surface area (Å²) in [6.45, 7) is 4.67. The highest BCUT2D eigenvalue weighted by Crippen LogP contribution is 1.99. The topological polar surface area (TPSA) is 26.0 Å². The molecule has 0 aliphatic heterocycles. The highest BCUT2D eigenvalue weighted by molar-refractivity contribution is 5.47. The summed E-state index contributed by atoms with van der Waals surface area (Å²) in [6.07, 6.45) is 4.12. The molecule has 1 heteroatoms. The van der Waals surface area contributed by atoms with E-state index in [9.17, 15) is 0 Å². The van der Waals surface area contributed by atoms with E-state index in [1.165, 1.54) is 5.56 Å². The number of hydrogen-bond acceptors (Lipinski definition) is 1. The summed E-state index contributed by atoms with van der Waals surface area (Å²) < 4.78 is 0. The normalized spacial score (nSPS) is 9.25. The molecule has 0 radical (unpaired) electrons. The van der Waals surface area contributed by atoms with Crippen LogP contribution >= 0.6 is 0 Å². The summed E-state index contributed by atoms with van der Waals surface area (Å²) in [6, 6.07) is 10.3. The Morgan fingerprint density at radius 2 is 1.75 bits per heavy atom. The molecule has 1 aromatic rings. The van der Waals surface area contributed by atoms with E-state index in [-0.39, 0.29) is 0 Å². The standard InChI is InChI=1S/C9H10.C2H7N/c1-2-6-9-7-4-3-5-8-9;1-2-3/h2-8H,1H3;2-3H2,1H3/b6-2+;. The van der Waals surface area contributed by atoms with Crippen molar-refractivity contribution in [3.8, 4) is 0 Å². The first-order valence-electron chi connectivity index (χ1n) is 4.23. The molecule has 0 heterocycles. The van der Waals surface area contributed by atoms with Gasteiger partial charge in [-0.05, 0) is 19.0 Å². The molecule has 1 nitrogen and oxygen atoms in total. The predicted molar refractivity (Wildman–Crippen MR) is 55.9 cm³/mol. The Kier molecular flexibility index (Phi) is 7.30. The van der Waals surface area contributed by atoms with Gasteiger partial charge in [-0.2, -0.15) is 0 Å². The predicted octanol–water partition coefficient (Wildman–Crippen LogP) is 2.68. The third-order valence-corrected chi connectivity index (χ3v) is 1.16. The molecule has 0 aromatic heterocycles. The van der Waals surface area contributed by atoms with Gasteiger partial charge in [-0.3, -0.25) is 0 Å². The largest absolute Gasteiger partial charge is 0.331 e. The van der Waals surface area contributed by atoms with Crippen LogP contribution in [0.3, 0.4) is 0 Å². The zero-order valence-corrected chi connectivity index (χ0v) is 7.83. The Bertz CT molecular complexity index is 202. The maximum atomic E-state index is 4.85. The van der Waals surface area contributed by atoms with Crippen molar-refractivity contribution >= 4 is 6.08 Å².